The van der Waals surface area contributed by atoms with Gasteiger partial charge >= 0.3 is 0 Å². The van der Waals surface area contributed by atoms with Gasteiger partial charge in [-0.3, -0.25) is 9.69 Å². The van der Waals surface area contributed by atoms with Crippen LogP contribution in [0.25, 0.3) is 0 Å². The molecule has 118 valence electrons. The number of hydrogen-bond acceptors (Lipinski definition) is 5. The second-order valence-electron chi connectivity index (χ2n) is 5.11. The molecule has 0 saturated carbocycles. The summed E-state index contributed by atoms with van der Waals surface area (Å²) >= 11 is 0. The number of benzene rings is 2. The number of fused-ring (bicyclic) bond motifs is 1. The number of carbonyl (C=O) groups is 1. The van der Waals surface area contributed by atoms with Crippen LogP contribution in [0.5, 0.6) is 0 Å². The first-order valence-electron chi connectivity index (χ1n) is 7.19. The van der Waals surface area contributed by atoms with Gasteiger partial charge in [-0.15, -0.1) is 0 Å². The highest BCUT2D eigenvalue weighted by atomic mass is 16.5. The lowest BCUT2D eigenvalue weighted by molar-refractivity contribution is -0.113. The molecule has 0 bridgehead atoms. The van der Waals surface area contributed by atoms with Crippen molar-refractivity contribution in [3.63, 3.8) is 0 Å². The highest BCUT2D eigenvalue weighted by Crippen LogP contribution is 2.36. The van der Waals surface area contributed by atoms with Crippen molar-refractivity contribution < 1.29 is 14.7 Å². The largest absolute Gasteiger partial charge is 0.410 e. The van der Waals surface area contributed by atoms with E-state index in [-0.39, 0.29) is 24.9 Å². The molecule has 1 N–H and O–H groups in total. The molecule has 0 radical (unpaired) electrons. The Morgan fingerprint density at radius 3 is 2.39 bits per heavy atom. The van der Waals surface area contributed by atoms with Gasteiger partial charge in [-0.05, 0) is 24.3 Å². The Bertz CT molecular complexity index is 731. The number of nitrogens with zero attached hydrogens (tertiary/aromatic N) is 3. The zero-order chi connectivity index (χ0) is 16.2. The van der Waals surface area contributed by atoms with Gasteiger partial charge in [0.25, 0.3) is 5.91 Å². The summed E-state index contributed by atoms with van der Waals surface area (Å²) in [5.41, 5.74) is 2.53. The summed E-state index contributed by atoms with van der Waals surface area (Å²) in [6.45, 7) is 0.258. The van der Waals surface area contributed by atoms with E-state index in [4.69, 9.17) is 4.74 Å². The van der Waals surface area contributed by atoms with E-state index in [2.05, 4.69) is 5.16 Å². The van der Waals surface area contributed by atoms with Crippen molar-refractivity contribution in [2.45, 2.75) is 0 Å². The topological polar surface area (TPSA) is 65.4 Å². The van der Waals surface area contributed by atoms with Crippen LogP contribution in [-0.4, -0.2) is 37.2 Å². The minimum absolute atomic E-state index is 0.0575. The molecule has 3 rings (SSSR count). The number of hydrogen-bond donors (Lipinski definition) is 1. The van der Waals surface area contributed by atoms with Crippen LogP contribution in [0.3, 0.4) is 0 Å². The van der Waals surface area contributed by atoms with Crippen LogP contribution in [0.1, 0.15) is 0 Å². The number of oxime groups is 1. The Morgan fingerprint density at radius 1 is 1.09 bits per heavy atom. The van der Waals surface area contributed by atoms with E-state index >= 15 is 0 Å². The number of methoxy groups -OCH3 is 1. The van der Waals surface area contributed by atoms with Crippen LogP contribution in [0, 0.1) is 0 Å². The maximum atomic E-state index is 12.6. The van der Waals surface area contributed by atoms with E-state index in [9.17, 15) is 10.0 Å². The molecule has 0 unspecified atom stereocenters. The number of rotatable bonds is 3. The Hall–Kier alpha value is -2.86. The summed E-state index contributed by atoms with van der Waals surface area (Å²) in [5, 5.41) is 12.5. The molecular weight excluding hydrogens is 294 g/mol. The quantitative estimate of drug-likeness (QED) is 0.699. The normalized spacial score (nSPS) is 16.4. The molecule has 6 heteroatoms. The fraction of sp³-hybridized carbons (Fsp3) is 0.176. The Kier molecular flexibility index (Phi) is 4.25. The van der Waals surface area contributed by atoms with Crippen LogP contribution < -0.4 is 9.80 Å². The summed E-state index contributed by atoms with van der Waals surface area (Å²) in [5.74, 6) is -0.375. The van der Waals surface area contributed by atoms with Crippen molar-refractivity contribution >= 4 is 28.7 Å². The fourth-order valence-corrected chi connectivity index (χ4v) is 2.66. The average molecular weight is 311 g/mol. The van der Waals surface area contributed by atoms with Gasteiger partial charge in [-0.1, -0.05) is 35.5 Å². The molecule has 23 heavy (non-hydrogen) atoms. The summed E-state index contributed by atoms with van der Waals surface area (Å²) < 4.78 is 5.15. The van der Waals surface area contributed by atoms with Gasteiger partial charge in [0.15, 0.2) is 5.71 Å². The molecule has 0 atom stereocenters. The highest BCUT2D eigenvalue weighted by Gasteiger charge is 2.31. The van der Waals surface area contributed by atoms with Crippen molar-refractivity contribution in [1.82, 2.24) is 0 Å². The molecule has 0 aliphatic carbocycles. The monoisotopic (exact) mass is 311 g/mol. The van der Waals surface area contributed by atoms with Crippen LogP contribution in [0.15, 0.2) is 59.8 Å². The summed E-state index contributed by atoms with van der Waals surface area (Å²) in [6, 6.07) is 17.2. The van der Waals surface area contributed by atoms with Gasteiger partial charge in [-0.25, -0.2) is 0 Å². The van der Waals surface area contributed by atoms with Gasteiger partial charge in [0.2, 0.25) is 0 Å². The van der Waals surface area contributed by atoms with Crippen molar-refractivity contribution in [3.05, 3.63) is 54.6 Å². The standard InChI is InChI=1S/C17H17N3O3/c1-23-12-20-16-10-6-5-9-15(16)19(11-14(18-22)17(20)21)13-7-3-2-4-8-13/h2-10,22H,11-12H2,1H3. The highest BCUT2D eigenvalue weighted by molar-refractivity contribution is 6.45. The fourth-order valence-electron chi connectivity index (χ4n) is 2.66. The molecule has 1 aliphatic heterocycles. The second kappa shape index (κ2) is 6.50. The maximum Gasteiger partial charge on any atom is 0.279 e. The third kappa shape index (κ3) is 2.76. The molecule has 2 aromatic rings. The van der Waals surface area contributed by atoms with Crippen molar-refractivity contribution in [3.8, 4) is 0 Å². The van der Waals surface area contributed by atoms with Crippen molar-refractivity contribution in [2.24, 2.45) is 5.16 Å². The molecule has 0 aromatic heterocycles. The second-order valence-corrected chi connectivity index (χ2v) is 5.11. The Balaban J connectivity index is 2.17. The van der Waals surface area contributed by atoms with Crippen LogP contribution >= 0.6 is 0 Å². The smallest absolute Gasteiger partial charge is 0.279 e. The minimum Gasteiger partial charge on any atom is -0.410 e. The van der Waals surface area contributed by atoms with Crippen LogP contribution in [0.4, 0.5) is 17.1 Å². The summed E-state index contributed by atoms with van der Waals surface area (Å²) in [7, 11) is 1.52. The summed E-state index contributed by atoms with van der Waals surface area (Å²) in [6.07, 6.45) is 0. The first-order chi connectivity index (χ1) is 11.3. The number of amides is 1. The number of anilines is 3. The molecule has 1 heterocycles. The maximum absolute atomic E-state index is 12.6. The van der Waals surface area contributed by atoms with E-state index in [0.29, 0.717) is 5.69 Å². The minimum atomic E-state index is -0.375. The number of carbonyl (C=O) groups excluding carboxylic acids is 1. The Morgan fingerprint density at radius 2 is 1.74 bits per heavy atom. The SMILES string of the molecule is COCN1C(=O)C(=NO)CN(c2ccccc2)c2ccccc21. The lowest BCUT2D eigenvalue weighted by atomic mass is 10.2. The predicted octanol–water partition coefficient (Wildman–Crippen LogP) is 2.61. The van der Waals surface area contributed by atoms with E-state index in [1.807, 2.05) is 59.5 Å². The number of ether oxygens (including phenoxy) is 1. The lowest BCUT2D eigenvalue weighted by Gasteiger charge is -2.25. The van der Waals surface area contributed by atoms with E-state index < -0.39 is 0 Å². The third-order valence-corrected chi connectivity index (χ3v) is 3.71. The summed E-state index contributed by atoms with van der Waals surface area (Å²) in [4.78, 5) is 16.0. The van der Waals surface area contributed by atoms with Gasteiger partial charge < -0.3 is 14.8 Å². The van der Waals surface area contributed by atoms with Crippen molar-refractivity contribution in [1.29, 1.82) is 0 Å². The van der Waals surface area contributed by atoms with E-state index in [1.54, 1.807) is 0 Å². The van der Waals surface area contributed by atoms with Gasteiger partial charge in [0, 0.05) is 12.8 Å². The van der Waals surface area contributed by atoms with Crippen LogP contribution in [-0.2, 0) is 9.53 Å². The van der Waals surface area contributed by atoms with Crippen molar-refractivity contribution in [2.75, 3.05) is 30.2 Å². The van der Waals surface area contributed by atoms with Gasteiger partial charge in [-0.2, -0.15) is 0 Å². The molecule has 6 nitrogen and oxygen atoms in total. The van der Waals surface area contributed by atoms with Gasteiger partial charge in [0.05, 0.1) is 17.9 Å². The first kappa shape index (κ1) is 15.1. The predicted molar refractivity (Wildman–Crippen MR) is 88.5 cm³/mol. The zero-order valence-electron chi connectivity index (χ0n) is 12.7. The van der Waals surface area contributed by atoms with E-state index in [1.165, 1.54) is 12.0 Å². The molecule has 1 amide bonds. The lowest BCUT2D eigenvalue weighted by Crippen LogP contribution is -2.39. The zero-order valence-corrected chi connectivity index (χ0v) is 12.7. The van der Waals surface area contributed by atoms with Gasteiger partial charge in [0.1, 0.15) is 6.73 Å². The molecule has 2 aromatic carbocycles. The molecule has 0 spiro atoms. The Labute approximate surface area is 134 Å². The van der Waals surface area contributed by atoms with E-state index in [0.717, 1.165) is 11.4 Å². The number of para-hydroxylation sites is 3. The third-order valence-electron chi connectivity index (χ3n) is 3.71. The van der Waals surface area contributed by atoms with Crippen LogP contribution in [0.2, 0.25) is 0 Å². The molecule has 1 aliphatic rings. The molecule has 0 saturated heterocycles. The molecular formula is C17H17N3O3. The molecule has 0 fully saturated rings. The average Bonchev–Trinajstić information content (AvgIpc) is 2.72. The first-order valence-corrected chi connectivity index (χ1v) is 7.19.